The summed E-state index contributed by atoms with van der Waals surface area (Å²) in [6.45, 7) is 3.87. The van der Waals surface area contributed by atoms with Crippen LogP contribution in [-0.4, -0.2) is 43.0 Å². The second kappa shape index (κ2) is 8.53. The SMILES string of the molecule is COC(=O)c1c(C)[nH]c(C(=O)NCCNC(=O)c2ccc(Cl)cc2)c1C. The standard InChI is InChI=1S/C18H20ClN3O4/c1-10-14(18(25)26-3)11(2)22-15(10)17(24)21-9-8-20-16(23)12-4-6-13(19)7-5-12/h4-7,22H,8-9H2,1-3H3,(H,20,23)(H,21,24). The van der Waals surface area contributed by atoms with E-state index in [1.807, 2.05) is 0 Å². The summed E-state index contributed by atoms with van der Waals surface area (Å²) in [5, 5.41) is 5.95. The Balaban J connectivity index is 1.88. The average molecular weight is 378 g/mol. The summed E-state index contributed by atoms with van der Waals surface area (Å²) in [7, 11) is 1.29. The first-order valence-electron chi connectivity index (χ1n) is 7.94. The number of aryl methyl sites for hydroxylation is 1. The van der Waals surface area contributed by atoms with Gasteiger partial charge in [0.1, 0.15) is 5.69 Å². The molecule has 138 valence electrons. The largest absolute Gasteiger partial charge is 0.465 e. The van der Waals surface area contributed by atoms with E-state index in [9.17, 15) is 14.4 Å². The molecule has 1 aromatic carbocycles. The smallest absolute Gasteiger partial charge is 0.339 e. The highest BCUT2D eigenvalue weighted by Gasteiger charge is 2.22. The number of carbonyl (C=O) groups is 3. The number of aromatic nitrogens is 1. The van der Waals surface area contributed by atoms with Crippen molar-refractivity contribution in [1.29, 1.82) is 0 Å². The van der Waals surface area contributed by atoms with Crippen LogP contribution in [0, 0.1) is 13.8 Å². The number of amides is 2. The van der Waals surface area contributed by atoms with Gasteiger partial charge < -0.3 is 20.4 Å². The van der Waals surface area contributed by atoms with Gasteiger partial charge in [-0.2, -0.15) is 0 Å². The number of benzene rings is 1. The van der Waals surface area contributed by atoms with Crippen molar-refractivity contribution in [3.8, 4) is 0 Å². The number of esters is 1. The number of nitrogens with one attached hydrogen (secondary N) is 3. The number of halogens is 1. The highest BCUT2D eigenvalue weighted by Crippen LogP contribution is 2.18. The van der Waals surface area contributed by atoms with E-state index in [4.69, 9.17) is 16.3 Å². The highest BCUT2D eigenvalue weighted by atomic mass is 35.5. The van der Waals surface area contributed by atoms with E-state index in [0.29, 0.717) is 33.1 Å². The number of H-pyrrole nitrogens is 1. The van der Waals surface area contributed by atoms with Crippen LogP contribution in [0.15, 0.2) is 24.3 Å². The van der Waals surface area contributed by atoms with Gasteiger partial charge in [0.2, 0.25) is 0 Å². The Bertz CT molecular complexity index is 828. The molecule has 2 aromatic rings. The van der Waals surface area contributed by atoms with Gasteiger partial charge in [-0.15, -0.1) is 0 Å². The Kier molecular flexibility index (Phi) is 6.41. The topological polar surface area (TPSA) is 100 Å². The molecule has 0 unspecified atom stereocenters. The van der Waals surface area contributed by atoms with E-state index in [0.717, 1.165) is 0 Å². The number of aromatic amines is 1. The molecule has 26 heavy (non-hydrogen) atoms. The Labute approximate surface area is 156 Å². The predicted octanol–water partition coefficient (Wildman–Crippen LogP) is 2.23. The fraction of sp³-hybridized carbons (Fsp3) is 0.278. The summed E-state index contributed by atoms with van der Waals surface area (Å²) in [5.74, 6) is -1.11. The molecule has 0 atom stereocenters. The molecule has 7 nitrogen and oxygen atoms in total. The maximum atomic E-state index is 12.3. The van der Waals surface area contributed by atoms with Crippen molar-refractivity contribution in [1.82, 2.24) is 15.6 Å². The number of ether oxygens (including phenoxy) is 1. The maximum Gasteiger partial charge on any atom is 0.339 e. The molecule has 0 aliphatic heterocycles. The normalized spacial score (nSPS) is 10.3. The molecule has 2 amide bonds. The van der Waals surface area contributed by atoms with E-state index in [-0.39, 0.29) is 24.9 Å². The lowest BCUT2D eigenvalue weighted by atomic mass is 10.1. The van der Waals surface area contributed by atoms with E-state index in [2.05, 4.69) is 15.6 Å². The lowest BCUT2D eigenvalue weighted by molar-refractivity contribution is 0.0599. The van der Waals surface area contributed by atoms with E-state index in [1.165, 1.54) is 7.11 Å². The summed E-state index contributed by atoms with van der Waals surface area (Å²) >= 11 is 5.78. The second-order valence-corrected chi connectivity index (χ2v) is 6.07. The quantitative estimate of drug-likeness (QED) is 0.530. The summed E-state index contributed by atoms with van der Waals surface area (Å²) in [6.07, 6.45) is 0. The lowest BCUT2D eigenvalue weighted by Crippen LogP contribution is -2.35. The average Bonchev–Trinajstić information content (AvgIpc) is 2.92. The number of rotatable bonds is 6. The van der Waals surface area contributed by atoms with Crippen molar-refractivity contribution < 1.29 is 19.1 Å². The third kappa shape index (κ3) is 4.43. The summed E-state index contributed by atoms with van der Waals surface area (Å²) in [4.78, 5) is 38.9. The summed E-state index contributed by atoms with van der Waals surface area (Å²) < 4.78 is 4.72. The van der Waals surface area contributed by atoms with Gasteiger partial charge in [0.25, 0.3) is 11.8 Å². The van der Waals surface area contributed by atoms with Crippen LogP contribution < -0.4 is 10.6 Å². The first-order valence-corrected chi connectivity index (χ1v) is 8.32. The van der Waals surface area contributed by atoms with Crippen molar-refractivity contribution in [2.24, 2.45) is 0 Å². The zero-order chi connectivity index (χ0) is 19.3. The molecule has 0 saturated carbocycles. The molecule has 2 rings (SSSR count). The van der Waals surface area contributed by atoms with Crippen molar-refractivity contribution in [2.75, 3.05) is 20.2 Å². The van der Waals surface area contributed by atoms with Gasteiger partial charge in [0.05, 0.1) is 12.7 Å². The van der Waals surface area contributed by atoms with Crippen molar-refractivity contribution in [3.63, 3.8) is 0 Å². The first kappa shape index (κ1) is 19.5. The van der Waals surface area contributed by atoms with E-state index >= 15 is 0 Å². The summed E-state index contributed by atoms with van der Waals surface area (Å²) in [5.41, 5.74) is 2.23. The molecule has 0 aliphatic carbocycles. The molecular formula is C18H20ClN3O4. The minimum absolute atomic E-state index is 0.239. The molecule has 0 aliphatic rings. The predicted molar refractivity (Wildman–Crippen MR) is 97.7 cm³/mol. The molecule has 1 heterocycles. The summed E-state index contributed by atoms with van der Waals surface area (Å²) in [6, 6.07) is 6.51. The van der Waals surface area contributed by atoms with Crippen molar-refractivity contribution >= 4 is 29.4 Å². The molecule has 0 saturated heterocycles. The van der Waals surface area contributed by atoms with Crippen molar-refractivity contribution in [3.05, 3.63) is 57.4 Å². The first-order chi connectivity index (χ1) is 12.3. The number of hydrogen-bond acceptors (Lipinski definition) is 4. The van der Waals surface area contributed by atoms with Crippen LogP contribution in [0.4, 0.5) is 0 Å². The highest BCUT2D eigenvalue weighted by molar-refractivity contribution is 6.30. The minimum Gasteiger partial charge on any atom is -0.465 e. The van der Waals surface area contributed by atoms with Crippen LogP contribution >= 0.6 is 11.6 Å². The fourth-order valence-electron chi connectivity index (χ4n) is 2.53. The Morgan fingerprint density at radius 1 is 1.04 bits per heavy atom. The third-order valence-electron chi connectivity index (χ3n) is 3.86. The van der Waals surface area contributed by atoms with Gasteiger partial charge in [0.15, 0.2) is 0 Å². The Morgan fingerprint density at radius 3 is 2.19 bits per heavy atom. The van der Waals surface area contributed by atoms with E-state index < -0.39 is 5.97 Å². The van der Waals surface area contributed by atoms with Gasteiger partial charge >= 0.3 is 5.97 Å². The van der Waals surface area contributed by atoms with E-state index in [1.54, 1.807) is 38.1 Å². The number of hydrogen-bond donors (Lipinski definition) is 3. The number of carbonyl (C=O) groups excluding carboxylic acids is 3. The van der Waals surface area contributed by atoms with Crippen LogP contribution in [0.25, 0.3) is 0 Å². The molecule has 3 N–H and O–H groups in total. The molecule has 1 aromatic heterocycles. The van der Waals surface area contributed by atoms with Crippen LogP contribution in [0.1, 0.15) is 42.5 Å². The van der Waals surface area contributed by atoms with Gasteiger partial charge in [-0.25, -0.2) is 4.79 Å². The Hall–Kier alpha value is -2.80. The zero-order valence-corrected chi connectivity index (χ0v) is 15.5. The molecule has 0 fully saturated rings. The molecule has 8 heteroatoms. The molecule has 0 bridgehead atoms. The van der Waals surface area contributed by atoms with Crippen molar-refractivity contribution in [2.45, 2.75) is 13.8 Å². The van der Waals surface area contributed by atoms with Gasteiger partial charge in [-0.1, -0.05) is 11.6 Å². The van der Waals surface area contributed by atoms with Crippen LogP contribution in [0.2, 0.25) is 5.02 Å². The lowest BCUT2D eigenvalue weighted by Gasteiger charge is -2.07. The van der Waals surface area contributed by atoms with Crippen LogP contribution in [-0.2, 0) is 4.74 Å². The maximum absolute atomic E-state index is 12.3. The monoisotopic (exact) mass is 377 g/mol. The molecule has 0 radical (unpaired) electrons. The Morgan fingerprint density at radius 2 is 1.62 bits per heavy atom. The second-order valence-electron chi connectivity index (χ2n) is 5.64. The van der Waals surface area contributed by atoms with Gasteiger partial charge in [-0.3, -0.25) is 9.59 Å². The minimum atomic E-state index is -0.495. The van der Waals surface area contributed by atoms with Gasteiger partial charge in [-0.05, 0) is 43.7 Å². The molecular weight excluding hydrogens is 358 g/mol. The molecule has 0 spiro atoms. The van der Waals surface area contributed by atoms with Crippen LogP contribution in [0.3, 0.4) is 0 Å². The third-order valence-corrected chi connectivity index (χ3v) is 4.11. The zero-order valence-electron chi connectivity index (χ0n) is 14.7. The van der Waals surface area contributed by atoms with Crippen LogP contribution in [0.5, 0.6) is 0 Å². The fourth-order valence-corrected chi connectivity index (χ4v) is 2.66. The van der Waals surface area contributed by atoms with Gasteiger partial charge in [0, 0.05) is 29.4 Å². The number of methoxy groups -OCH3 is 1.